The van der Waals surface area contributed by atoms with E-state index >= 15 is 0 Å². The van der Waals surface area contributed by atoms with Gasteiger partial charge in [-0.05, 0) is 105 Å². The Morgan fingerprint density at radius 2 is 1.94 bits per heavy atom. The highest BCUT2D eigenvalue weighted by atomic mass is 15.0. The largest absolute Gasteiger partial charge is 0.381 e. The molecule has 3 nitrogen and oxygen atoms in total. The topological polar surface area (TPSA) is 36.1 Å². The van der Waals surface area contributed by atoms with E-state index in [0.717, 1.165) is 18.4 Å². The second kappa shape index (κ2) is 9.09. The quantitative estimate of drug-likeness (QED) is 0.522. The Labute approximate surface area is 193 Å². The summed E-state index contributed by atoms with van der Waals surface area (Å²) in [5.74, 6) is 3.02. The van der Waals surface area contributed by atoms with Gasteiger partial charge in [0.2, 0.25) is 0 Å². The highest BCUT2D eigenvalue weighted by Gasteiger charge is 2.40. The predicted molar refractivity (Wildman–Crippen MR) is 134 cm³/mol. The van der Waals surface area contributed by atoms with E-state index in [2.05, 4.69) is 64.5 Å². The van der Waals surface area contributed by atoms with E-state index in [1.165, 1.54) is 75.7 Å². The van der Waals surface area contributed by atoms with Crippen molar-refractivity contribution >= 4 is 5.69 Å². The number of fused-ring (bicyclic) bond motifs is 3. The minimum atomic E-state index is 0.523. The van der Waals surface area contributed by atoms with Crippen LogP contribution < -0.4 is 16.0 Å². The van der Waals surface area contributed by atoms with Crippen molar-refractivity contribution in [2.24, 2.45) is 17.8 Å². The van der Waals surface area contributed by atoms with Gasteiger partial charge in [-0.3, -0.25) is 0 Å². The lowest BCUT2D eigenvalue weighted by Gasteiger charge is -2.41. The van der Waals surface area contributed by atoms with Gasteiger partial charge in [-0.1, -0.05) is 36.4 Å². The van der Waals surface area contributed by atoms with Crippen LogP contribution in [0.2, 0.25) is 0 Å². The van der Waals surface area contributed by atoms with E-state index in [1.54, 1.807) is 11.1 Å². The second-order valence-corrected chi connectivity index (χ2v) is 10.8. The van der Waals surface area contributed by atoms with Crippen molar-refractivity contribution in [1.29, 1.82) is 0 Å². The minimum absolute atomic E-state index is 0.523. The van der Waals surface area contributed by atoms with Crippen molar-refractivity contribution < 1.29 is 0 Å². The minimum Gasteiger partial charge on any atom is -0.381 e. The lowest BCUT2D eigenvalue weighted by atomic mass is 9.67. The van der Waals surface area contributed by atoms with E-state index < -0.39 is 0 Å². The molecule has 1 aromatic rings. The van der Waals surface area contributed by atoms with Gasteiger partial charge in [0.1, 0.15) is 0 Å². The SMILES string of the molecule is C1=CC(NC2CCC(C3CCC4Nc5ccccc5C4C3)C=C2C2CCCNC2)=CCC1. The third-order valence-electron chi connectivity index (χ3n) is 8.90. The van der Waals surface area contributed by atoms with Crippen LogP contribution in [-0.4, -0.2) is 25.2 Å². The molecule has 3 aliphatic carbocycles. The van der Waals surface area contributed by atoms with E-state index in [9.17, 15) is 0 Å². The first-order valence-corrected chi connectivity index (χ1v) is 13.3. The summed E-state index contributed by atoms with van der Waals surface area (Å²) in [7, 11) is 0. The molecule has 6 rings (SSSR count). The lowest BCUT2D eigenvalue weighted by Crippen LogP contribution is -2.42. The molecule has 0 bridgehead atoms. The zero-order valence-electron chi connectivity index (χ0n) is 19.4. The Morgan fingerprint density at radius 1 is 0.969 bits per heavy atom. The van der Waals surface area contributed by atoms with Crippen molar-refractivity contribution in [2.45, 2.75) is 75.8 Å². The summed E-state index contributed by atoms with van der Waals surface area (Å²) in [6.45, 7) is 2.36. The number of allylic oxidation sites excluding steroid dienone is 4. The van der Waals surface area contributed by atoms with Gasteiger partial charge >= 0.3 is 0 Å². The Hall–Kier alpha value is -2.00. The van der Waals surface area contributed by atoms with E-state index in [0.29, 0.717) is 23.9 Å². The number of hydrogen-bond acceptors (Lipinski definition) is 3. The van der Waals surface area contributed by atoms with E-state index in [-0.39, 0.29) is 0 Å². The summed E-state index contributed by atoms with van der Waals surface area (Å²) in [6, 6.07) is 10.2. The summed E-state index contributed by atoms with van der Waals surface area (Å²) < 4.78 is 0. The molecule has 0 radical (unpaired) electrons. The van der Waals surface area contributed by atoms with Crippen LogP contribution in [0.4, 0.5) is 5.69 Å². The summed E-state index contributed by atoms with van der Waals surface area (Å²) in [4.78, 5) is 0. The van der Waals surface area contributed by atoms with Crippen molar-refractivity contribution in [3.8, 4) is 0 Å². The lowest BCUT2D eigenvalue weighted by molar-refractivity contribution is 0.227. The Kier molecular flexibility index (Phi) is 5.85. The molecule has 3 N–H and O–H groups in total. The summed E-state index contributed by atoms with van der Waals surface area (Å²) in [5, 5.41) is 11.5. The molecule has 6 unspecified atom stereocenters. The molecule has 6 atom stereocenters. The third kappa shape index (κ3) is 4.05. The summed E-state index contributed by atoms with van der Waals surface area (Å²) in [6.07, 6.45) is 21.5. The smallest absolute Gasteiger partial charge is 0.0477 e. The van der Waals surface area contributed by atoms with Crippen LogP contribution in [-0.2, 0) is 0 Å². The first kappa shape index (κ1) is 20.6. The Bertz CT molecular complexity index is 907. The number of benzene rings is 1. The van der Waals surface area contributed by atoms with Crippen LogP contribution in [0.1, 0.15) is 69.3 Å². The van der Waals surface area contributed by atoms with Gasteiger partial charge < -0.3 is 16.0 Å². The first-order valence-electron chi connectivity index (χ1n) is 13.3. The molecule has 2 aliphatic heterocycles. The van der Waals surface area contributed by atoms with Crippen molar-refractivity contribution in [2.75, 3.05) is 18.4 Å². The average Bonchev–Trinajstić information content (AvgIpc) is 3.23. The van der Waals surface area contributed by atoms with Gasteiger partial charge in [-0.15, -0.1) is 0 Å². The molecular formula is C29H39N3. The molecule has 5 aliphatic rings. The standard InChI is InChI=1S/C29H39N3/c1-2-8-23(9-3-1)31-28-14-12-20(17-25(28)22-7-6-16-30-19-22)21-13-15-29-26(18-21)24-10-4-5-11-27(24)32-29/h2,4-5,8-11,17,20-22,26,28-32H,1,3,6-7,12-16,18-19H2. The first-order chi connectivity index (χ1) is 15.8. The number of hydrogen-bond donors (Lipinski definition) is 3. The maximum absolute atomic E-state index is 3.95. The summed E-state index contributed by atoms with van der Waals surface area (Å²) in [5.41, 5.74) is 6.05. The van der Waals surface area contributed by atoms with Crippen LogP contribution in [0.3, 0.4) is 0 Å². The third-order valence-corrected chi connectivity index (χ3v) is 8.90. The zero-order chi connectivity index (χ0) is 21.3. The van der Waals surface area contributed by atoms with Crippen LogP contribution in [0.15, 0.2) is 59.8 Å². The molecule has 0 spiro atoms. The van der Waals surface area contributed by atoms with Gasteiger partial charge in [-0.25, -0.2) is 0 Å². The van der Waals surface area contributed by atoms with Gasteiger partial charge in [-0.2, -0.15) is 0 Å². The van der Waals surface area contributed by atoms with Crippen molar-refractivity contribution in [1.82, 2.24) is 10.6 Å². The number of para-hydroxylation sites is 1. The molecule has 3 heteroatoms. The number of nitrogens with one attached hydrogen (secondary N) is 3. The van der Waals surface area contributed by atoms with Gasteiger partial charge in [0, 0.05) is 35.9 Å². The monoisotopic (exact) mass is 429 g/mol. The fourth-order valence-electron chi connectivity index (χ4n) is 7.24. The zero-order valence-corrected chi connectivity index (χ0v) is 19.4. The highest BCUT2D eigenvalue weighted by molar-refractivity contribution is 5.59. The maximum Gasteiger partial charge on any atom is 0.0477 e. The van der Waals surface area contributed by atoms with E-state index in [4.69, 9.17) is 0 Å². The van der Waals surface area contributed by atoms with Crippen LogP contribution in [0, 0.1) is 17.8 Å². The molecule has 0 aromatic heterocycles. The normalized spacial score (nSPS) is 36.4. The van der Waals surface area contributed by atoms with Gasteiger partial charge in [0.15, 0.2) is 0 Å². The highest BCUT2D eigenvalue weighted by Crippen LogP contribution is 2.49. The van der Waals surface area contributed by atoms with Crippen LogP contribution in [0.25, 0.3) is 0 Å². The molecule has 0 amide bonds. The maximum atomic E-state index is 3.95. The number of rotatable bonds is 4. The summed E-state index contributed by atoms with van der Waals surface area (Å²) >= 11 is 0. The van der Waals surface area contributed by atoms with Crippen molar-refractivity contribution in [3.05, 3.63) is 65.4 Å². The molecule has 2 heterocycles. The second-order valence-electron chi connectivity index (χ2n) is 10.8. The van der Waals surface area contributed by atoms with Gasteiger partial charge in [0.05, 0.1) is 0 Å². The molecule has 2 fully saturated rings. The molecule has 170 valence electrons. The number of piperidine rings is 1. The van der Waals surface area contributed by atoms with Crippen LogP contribution in [0.5, 0.6) is 0 Å². The Morgan fingerprint density at radius 3 is 2.81 bits per heavy atom. The fraction of sp³-hybridized carbons (Fsp3) is 0.586. The molecular weight excluding hydrogens is 390 g/mol. The average molecular weight is 430 g/mol. The van der Waals surface area contributed by atoms with Crippen molar-refractivity contribution in [3.63, 3.8) is 0 Å². The number of anilines is 1. The Balaban J connectivity index is 1.22. The van der Waals surface area contributed by atoms with Gasteiger partial charge in [0.25, 0.3) is 0 Å². The molecule has 32 heavy (non-hydrogen) atoms. The fourth-order valence-corrected chi connectivity index (χ4v) is 7.24. The van der Waals surface area contributed by atoms with E-state index in [1.807, 2.05) is 0 Å². The van der Waals surface area contributed by atoms with Crippen LogP contribution >= 0.6 is 0 Å². The predicted octanol–water partition coefficient (Wildman–Crippen LogP) is 5.89. The molecule has 1 aromatic carbocycles. The molecule has 1 saturated heterocycles. The molecule has 1 saturated carbocycles.